The second-order valence-electron chi connectivity index (χ2n) is 7.14. The third kappa shape index (κ3) is 6.34. The van der Waals surface area contributed by atoms with Gasteiger partial charge in [-0.05, 0) is 12.1 Å². The molecule has 0 amide bonds. The molecule has 0 aliphatic carbocycles. The molecule has 1 aliphatic heterocycles. The molecule has 0 saturated carbocycles. The summed E-state index contributed by atoms with van der Waals surface area (Å²) < 4.78 is 54.1. The maximum absolute atomic E-state index is 8.52. The van der Waals surface area contributed by atoms with Crippen LogP contribution in [0.5, 0.6) is 0 Å². The van der Waals surface area contributed by atoms with Gasteiger partial charge in [0.2, 0.25) is 5.79 Å². The largest absolute Gasteiger partial charge is 2.00 e. The van der Waals surface area contributed by atoms with Crippen LogP contribution in [0, 0.1) is 5.41 Å². The fraction of sp³-hybridized carbons (Fsp3) is 0.412. The van der Waals surface area contributed by atoms with Gasteiger partial charge in [0, 0.05) is 21.2 Å². The van der Waals surface area contributed by atoms with E-state index in [1.165, 1.54) is 6.33 Å². The summed E-state index contributed by atoms with van der Waals surface area (Å²) >= 11 is 0. The van der Waals surface area contributed by atoms with Gasteiger partial charge >= 0.3 is 17.1 Å². The number of hydrogen-bond acceptors (Lipinski definition) is 9. The molecule has 161 valence electrons. The summed E-state index contributed by atoms with van der Waals surface area (Å²) in [7, 11) is -5.17. The van der Waals surface area contributed by atoms with Crippen molar-refractivity contribution in [1.82, 2.24) is 14.8 Å². The predicted molar refractivity (Wildman–Crippen MR) is 94.1 cm³/mol. The zero-order valence-corrected chi connectivity index (χ0v) is 17.3. The average Bonchev–Trinajstić information content (AvgIpc) is 3.25. The minimum absolute atomic E-state index is 0. The van der Waals surface area contributed by atoms with Gasteiger partial charge in [0.1, 0.15) is 24.8 Å². The van der Waals surface area contributed by atoms with Crippen molar-refractivity contribution in [2.45, 2.75) is 26.2 Å². The number of rotatable bonds is 3. The van der Waals surface area contributed by atoms with Gasteiger partial charge in [0.05, 0.1) is 13.2 Å². The Kier molecular flexibility index (Phi) is 7.23. The molecule has 29 heavy (non-hydrogen) atoms. The van der Waals surface area contributed by atoms with Crippen molar-refractivity contribution in [3.63, 3.8) is 0 Å². The molecule has 0 atom stereocenters. The fourth-order valence-corrected chi connectivity index (χ4v) is 2.72. The molecule has 0 N–H and O–H groups in total. The van der Waals surface area contributed by atoms with Crippen molar-refractivity contribution >= 4 is 21.4 Å². The van der Waals surface area contributed by atoms with Crippen molar-refractivity contribution in [3.05, 3.63) is 48.7 Å². The van der Waals surface area contributed by atoms with Crippen LogP contribution in [0.4, 0.5) is 0 Å². The van der Waals surface area contributed by atoms with Crippen LogP contribution >= 0.6 is 0 Å². The van der Waals surface area contributed by atoms with E-state index in [0.29, 0.717) is 25.5 Å². The van der Waals surface area contributed by atoms with Gasteiger partial charge in [0.25, 0.3) is 0 Å². The number of para-hydroxylation sites is 1. The number of hydrogen-bond donors (Lipinski definition) is 0. The zero-order chi connectivity index (χ0) is 20.4. The smallest absolute Gasteiger partial charge is 0.759 e. The van der Waals surface area contributed by atoms with Crippen molar-refractivity contribution in [2.24, 2.45) is 5.41 Å². The normalized spacial score (nSPS) is 17.8. The summed E-state index contributed by atoms with van der Waals surface area (Å²) in [6.07, 6.45) is 3.15. The van der Waals surface area contributed by atoms with Crippen LogP contribution in [-0.4, -0.2) is 45.5 Å². The van der Waals surface area contributed by atoms with E-state index in [1.807, 2.05) is 30.3 Å². The Hall–Kier alpha value is -1.79. The molecule has 3 heterocycles. The van der Waals surface area contributed by atoms with Gasteiger partial charge < -0.3 is 23.0 Å². The number of aromatic nitrogens is 3. The van der Waals surface area contributed by atoms with Crippen LogP contribution in [0.25, 0.3) is 11.0 Å². The van der Waals surface area contributed by atoms with E-state index in [2.05, 4.69) is 23.9 Å². The molecular formula is C17H19CuN3O7S. The molecule has 1 fully saturated rings. The Bertz CT molecular complexity index is 983. The summed E-state index contributed by atoms with van der Waals surface area (Å²) in [6.45, 7) is 5.79. The number of fused-ring (bicyclic) bond motifs is 1. The van der Waals surface area contributed by atoms with Crippen molar-refractivity contribution in [3.8, 4) is 0 Å². The summed E-state index contributed by atoms with van der Waals surface area (Å²) in [5.74, 6) is -0.327. The SMILES string of the molecule is CC1(C)COC(Cn2cncn2)(c2cc3ccccc3o2)OC1.O=S(=O)([O-])[O-].[Cu+2]. The molecule has 12 heteroatoms. The Morgan fingerprint density at radius 1 is 1.17 bits per heavy atom. The van der Waals surface area contributed by atoms with Crippen molar-refractivity contribution < 1.29 is 48.5 Å². The van der Waals surface area contributed by atoms with E-state index < -0.39 is 16.2 Å². The maximum Gasteiger partial charge on any atom is 2.00 e. The molecule has 0 bridgehead atoms. The van der Waals surface area contributed by atoms with Crippen LogP contribution < -0.4 is 0 Å². The van der Waals surface area contributed by atoms with Gasteiger partial charge in [-0.2, -0.15) is 5.10 Å². The molecule has 0 spiro atoms. The molecule has 1 radical (unpaired) electrons. The molecule has 10 nitrogen and oxygen atoms in total. The first-order chi connectivity index (χ1) is 13.1. The van der Waals surface area contributed by atoms with Crippen LogP contribution in [-0.2, 0) is 49.3 Å². The summed E-state index contributed by atoms with van der Waals surface area (Å²) in [5.41, 5.74) is 0.787. The monoisotopic (exact) mass is 472 g/mol. The molecule has 3 aromatic rings. The third-order valence-corrected chi connectivity index (χ3v) is 4.03. The molecule has 1 aliphatic rings. The molecule has 0 unspecified atom stereocenters. The van der Waals surface area contributed by atoms with Gasteiger partial charge in [0.15, 0.2) is 5.76 Å². The van der Waals surface area contributed by atoms with Gasteiger partial charge in [-0.1, -0.05) is 32.0 Å². The first-order valence-corrected chi connectivity index (χ1v) is 9.66. The molecule has 1 aromatic carbocycles. The maximum atomic E-state index is 8.52. The van der Waals surface area contributed by atoms with E-state index in [4.69, 9.17) is 31.4 Å². The average molecular weight is 473 g/mol. The number of furan rings is 1. The Balaban J connectivity index is 0.000000450. The standard InChI is InChI=1S/C17H19N3O3.Cu.H2O4S/c1-16(2)9-21-17(22-10-16,8-20-12-18-11-19-20)15-7-13-5-3-4-6-14(13)23-15;;1-5(2,3)4/h3-7,11-12H,8-10H2,1-2H3;;(H2,1,2,3,4)/q;+2;/p-2. The summed E-state index contributed by atoms with van der Waals surface area (Å²) in [5, 5.41) is 5.20. The van der Waals surface area contributed by atoms with Crippen molar-refractivity contribution in [2.75, 3.05) is 13.2 Å². The van der Waals surface area contributed by atoms with E-state index >= 15 is 0 Å². The van der Waals surface area contributed by atoms with Crippen molar-refractivity contribution in [1.29, 1.82) is 0 Å². The number of benzene rings is 1. The van der Waals surface area contributed by atoms with E-state index in [-0.39, 0.29) is 22.5 Å². The van der Waals surface area contributed by atoms with Crippen LogP contribution in [0.2, 0.25) is 0 Å². The van der Waals surface area contributed by atoms with E-state index in [9.17, 15) is 0 Å². The first-order valence-electron chi connectivity index (χ1n) is 8.32. The zero-order valence-electron chi connectivity index (χ0n) is 15.6. The minimum atomic E-state index is -5.17. The van der Waals surface area contributed by atoms with E-state index in [1.54, 1.807) is 11.0 Å². The number of ether oxygens (including phenoxy) is 2. The quantitative estimate of drug-likeness (QED) is 0.315. The second kappa shape index (κ2) is 8.92. The minimum Gasteiger partial charge on any atom is -0.759 e. The molecule has 1 saturated heterocycles. The first kappa shape index (κ1) is 23.5. The van der Waals surface area contributed by atoms with Crippen LogP contribution in [0.1, 0.15) is 19.6 Å². The van der Waals surface area contributed by atoms with Crippen LogP contribution in [0.15, 0.2) is 47.4 Å². The summed E-state index contributed by atoms with van der Waals surface area (Å²) in [4.78, 5) is 3.99. The Morgan fingerprint density at radius 3 is 2.34 bits per heavy atom. The molecular weight excluding hydrogens is 454 g/mol. The summed E-state index contributed by atoms with van der Waals surface area (Å²) in [6, 6.07) is 9.86. The predicted octanol–water partition coefficient (Wildman–Crippen LogP) is 1.61. The molecule has 4 rings (SSSR count). The Morgan fingerprint density at radius 2 is 1.79 bits per heavy atom. The second-order valence-corrected chi connectivity index (χ2v) is 7.96. The van der Waals surface area contributed by atoms with Gasteiger partial charge in [-0.15, -0.1) is 0 Å². The Labute approximate surface area is 178 Å². The van der Waals surface area contributed by atoms with Crippen LogP contribution in [0.3, 0.4) is 0 Å². The number of nitrogens with zero attached hydrogens (tertiary/aromatic N) is 3. The fourth-order valence-electron chi connectivity index (χ4n) is 2.72. The van der Waals surface area contributed by atoms with Gasteiger partial charge in [-0.3, -0.25) is 8.42 Å². The van der Waals surface area contributed by atoms with E-state index in [0.717, 1.165) is 11.0 Å². The van der Waals surface area contributed by atoms with Gasteiger partial charge in [-0.25, -0.2) is 9.67 Å². The molecule has 2 aromatic heterocycles. The third-order valence-electron chi connectivity index (χ3n) is 4.03. The topological polar surface area (TPSA) is 143 Å².